The highest BCUT2D eigenvalue weighted by Crippen LogP contribution is 2.23. The summed E-state index contributed by atoms with van der Waals surface area (Å²) in [6.07, 6.45) is 3.34. The van der Waals surface area contributed by atoms with Gasteiger partial charge in [-0.3, -0.25) is 4.79 Å². The summed E-state index contributed by atoms with van der Waals surface area (Å²) in [7, 11) is 0. The molecule has 0 fully saturated rings. The van der Waals surface area contributed by atoms with Crippen molar-refractivity contribution >= 4 is 17.6 Å². The lowest BCUT2D eigenvalue weighted by atomic mass is 10.1. The van der Waals surface area contributed by atoms with Gasteiger partial charge in [0.1, 0.15) is 0 Å². The smallest absolute Gasteiger partial charge is 0.338 e. The number of hydrogen-bond donors (Lipinski definition) is 0. The van der Waals surface area contributed by atoms with E-state index in [9.17, 15) is 9.59 Å². The number of aryl methyl sites for hydroxylation is 4. The normalized spacial score (nSPS) is 12.2. The van der Waals surface area contributed by atoms with E-state index in [0.29, 0.717) is 11.3 Å². The molecule has 0 radical (unpaired) electrons. The van der Waals surface area contributed by atoms with Crippen molar-refractivity contribution in [2.75, 3.05) is 18.1 Å². The van der Waals surface area contributed by atoms with Gasteiger partial charge in [-0.25, -0.2) is 4.79 Å². The summed E-state index contributed by atoms with van der Waals surface area (Å²) in [4.78, 5) is 26.6. The summed E-state index contributed by atoms with van der Waals surface area (Å²) < 4.78 is 5.28. The molecule has 0 atom stereocenters. The number of fused-ring (bicyclic) bond motifs is 1. The van der Waals surface area contributed by atoms with Crippen LogP contribution in [-0.4, -0.2) is 25.0 Å². The Kier molecular flexibility index (Phi) is 6.10. The molecule has 2 aromatic rings. The maximum absolute atomic E-state index is 12.7. The van der Waals surface area contributed by atoms with E-state index >= 15 is 0 Å². The fraction of sp³-hybridized carbons (Fsp3) is 0.348. The molecule has 0 heterocycles. The predicted molar refractivity (Wildman–Crippen MR) is 107 cm³/mol. The van der Waals surface area contributed by atoms with Gasteiger partial charge in [-0.15, -0.1) is 0 Å². The number of nitriles is 1. The van der Waals surface area contributed by atoms with Crippen molar-refractivity contribution in [2.24, 2.45) is 0 Å². The van der Waals surface area contributed by atoms with Crippen LogP contribution in [0.3, 0.4) is 0 Å². The minimum atomic E-state index is -0.497. The second kappa shape index (κ2) is 8.71. The van der Waals surface area contributed by atoms with Crippen molar-refractivity contribution in [3.63, 3.8) is 0 Å². The van der Waals surface area contributed by atoms with Gasteiger partial charge in [0.25, 0.3) is 5.91 Å². The lowest BCUT2D eigenvalue weighted by Crippen LogP contribution is -2.35. The molecule has 1 amide bonds. The zero-order valence-electron chi connectivity index (χ0n) is 16.3. The molecule has 1 aliphatic rings. The van der Waals surface area contributed by atoms with Crippen molar-refractivity contribution in [1.29, 1.82) is 5.26 Å². The largest absolute Gasteiger partial charge is 0.452 e. The number of carbonyl (C=O) groups is 2. The highest BCUT2D eigenvalue weighted by atomic mass is 16.5. The van der Waals surface area contributed by atoms with Gasteiger partial charge in [-0.05, 0) is 79.6 Å². The Balaban J connectivity index is 1.69. The number of anilines is 1. The second-order valence-corrected chi connectivity index (χ2v) is 7.21. The van der Waals surface area contributed by atoms with Crippen molar-refractivity contribution < 1.29 is 14.3 Å². The van der Waals surface area contributed by atoms with Crippen molar-refractivity contribution in [1.82, 2.24) is 0 Å². The summed E-state index contributed by atoms with van der Waals surface area (Å²) in [5.74, 6) is -0.835. The average molecular weight is 376 g/mol. The van der Waals surface area contributed by atoms with Crippen LogP contribution >= 0.6 is 0 Å². The van der Waals surface area contributed by atoms with E-state index in [1.807, 2.05) is 44.2 Å². The van der Waals surface area contributed by atoms with E-state index in [4.69, 9.17) is 10.00 Å². The highest BCUT2D eigenvalue weighted by Gasteiger charge is 2.20. The number of amides is 1. The molecule has 5 nitrogen and oxygen atoms in total. The number of rotatable bonds is 6. The Hall–Kier alpha value is -3.13. The molecular weight excluding hydrogens is 352 g/mol. The molecule has 0 N–H and O–H groups in total. The molecule has 1 aliphatic carbocycles. The van der Waals surface area contributed by atoms with E-state index < -0.39 is 5.97 Å². The molecule has 0 aromatic heterocycles. The molecule has 3 rings (SSSR count). The number of hydrogen-bond acceptors (Lipinski definition) is 4. The summed E-state index contributed by atoms with van der Waals surface area (Å²) >= 11 is 0. The Bertz CT molecular complexity index is 923. The summed E-state index contributed by atoms with van der Waals surface area (Å²) in [5.41, 5.74) is 5.71. The minimum Gasteiger partial charge on any atom is -0.452 e. The third-order valence-electron chi connectivity index (χ3n) is 4.93. The first-order chi connectivity index (χ1) is 13.5. The predicted octanol–water partition coefficient (Wildman–Crippen LogP) is 3.90. The van der Waals surface area contributed by atoms with Crippen LogP contribution in [0, 0.1) is 25.2 Å². The van der Waals surface area contributed by atoms with E-state index in [1.165, 1.54) is 16.0 Å². The maximum atomic E-state index is 12.7. The first-order valence-electron chi connectivity index (χ1n) is 9.52. The summed E-state index contributed by atoms with van der Waals surface area (Å²) in [6.45, 7) is 3.82. The van der Waals surface area contributed by atoms with Gasteiger partial charge in [0.15, 0.2) is 6.61 Å². The standard InChI is InChI=1S/C23H24N2O3/c1-16-11-17(2)13-21(12-16)25(10-4-9-24)22(26)15-28-23(27)20-8-7-18-5-3-6-19(18)14-20/h7-8,11-14H,3-6,10,15H2,1-2H3. The highest BCUT2D eigenvalue weighted by molar-refractivity contribution is 5.97. The third kappa shape index (κ3) is 4.58. The summed E-state index contributed by atoms with van der Waals surface area (Å²) in [6, 6.07) is 13.5. The molecule has 2 aromatic carbocycles. The monoisotopic (exact) mass is 376 g/mol. The van der Waals surface area contributed by atoms with E-state index in [0.717, 1.165) is 30.4 Å². The molecule has 144 valence electrons. The van der Waals surface area contributed by atoms with E-state index in [1.54, 1.807) is 6.07 Å². The van der Waals surface area contributed by atoms with Crippen LogP contribution in [0.1, 0.15) is 45.5 Å². The minimum absolute atomic E-state index is 0.206. The van der Waals surface area contributed by atoms with Crippen LogP contribution in [-0.2, 0) is 22.4 Å². The lowest BCUT2D eigenvalue weighted by Gasteiger charge is -2.22. The SMILES string of the molecule is Cc1cc(C)cc(N(CCC#N)C(=O)COC(=O)c2ccc3c(c2)CCC3)c1. The van der Waals surface area contributed by atoms with Gasteiger partial charge in [0, 0.05) is 12.2 Å². The van der Waals surface area contributed by atoms with Gasteiger partial charge in [-0.1, -0.05) is 12.1 Å². The average Bonchev–Trinajstić information content (AvgIpc) is 3.13. The van der Waals surface area contributed by atoms with Crippen molar-refractivity contribution in [3.05, 3.63) is 64.2 Å². The second-order valence-electron chi connectivity index (χ2n) is 7.21. The maximum Gasteiger partial charge on any atom is 0.338 e. The first-order valence-corrected chi connectivity index (χ1v) is 9.52. The van der Waals surface area contributed by atoms with Gasteiger partial charge in [-0.2, -0.15) is 5.26 Å². The Morgan fingerprint density at radius 2 is 1.79 bits per heavy atom. The van der Waals surface area contributed by atoms with Gasteiger partial charge in [0.05, 0.1) is 18.1 Å². The molecular formula is C23H24N2O3. The fourth-order valence-corrected chi connectivity index (χ4v) is 3.65. The van der Waals surface area contributed by atoms with Gasteiger partial charge in [0.2, 0.25) is 0 Å². The van der Waals surface area contributed by atoms with Crippen LogP contribution in [0.5, 0.6) is 0 Å². The van der Waals surface area contributed by atoms with Crippen LogP contribution in [0.4, 0.5) is 5.69 Å². The molecule has 28 heavy (non-hydrogen) atoms. The molecule has 0 aliphatic heterocycles. The lowest BCUT2D eigenvalue weighted by molar-refractivity contribution is -0.121. The quantitative estimate of drug-likeness (QED) is 0.717. The zero-order valence-corrected chi connectivity index (χ0v) is 16.3. The third-order valence-corrected chi connectivity index (χ3v) is 4.93. The van der Waals surface area contributed by atoms with E-state index in [-0.39, 0.29) is 25.5 Å². The number of benzene rings is 2. The van der Waals surface area contributed by atoms with Crippen LogP contribution < -0.4 is 4.90 Å². The number of carbonyl (C=O) groups excluding carboxylic acids is 2. The summed E-state index contributed by atoms with van der Waals surface area (Å²) in [5, 5.41) is 8.92. The van der Waals surface area contributed by atoms with E-state index in [2.05, 4.69) is 6.07 Å². The molecule has 5 heteroatoms. The molecule has 0 saturated heterocycles. The van der Waals surface area contributed by atoms with Gasteiger partial charge < -0.3 is 9.64 Å². The Labute approximate surface area is 165 Å². The van der Waals surface area contributed by atoms with Crippen LogP contribution in [0.25, 0.3) is 0 Å². The molecule has 0 unspecified atom stereocenters. The van der Waals surface area contributed by atoms with Crippen LogP contribution in [0.2, 0.25) is 0 Å². The number of esters is 1. The van der Waals surface area contributed by atoms with Crippen molar-refractivity contribution in [3.8, 4) is 6.07 Å². The van der Waals surface area contributed by atoms with Crippen LogP contribution in [0.15, 0.2) is 36.4 Å². The first kappa shape index (κ1) is 19.6. The Morgan fingerprint density at radius 3 is 2.50 bits per heavy atom. The topological polar surface area (TPSA) is 70.4 Å². The molecule has 0 saturated carbocycles. The Morgan fingerprint density at radius 1 is 1.07 bits per heavy atom. The van der Waals surface area contributed by atoms with Gasteiger partial charge >= 0.3 is 5.97 Å². The molecule has 0 bridgehead atoms. The number of ether oxygens (including phenoxy) is 1. The number of nitrogens with zero attached hydrogens (tertiary/aromatic N) is 2. The zero-order chi connectivity index (χ0) is 20.1. The van der Waals surface area contributed by atoms with Crippen molar-refractivity contribution in [2.45, 2.75) is 39.5 Å². The molecule has 0 spiro atoms. The fourth-order valence-electron chi connectivity index (χ4n) is 3.65.